The second-order valence-electron chi connectivity index (χ2n) is 3.25. The molecular weight excluding hydrogens is 258 g/mol. The monoisotopic (exact) mass is 267 g/mol. The molecule has 18 heavy (non-hydrogen) atoms. The standard InChI is InChI=1S/C9H9N5O3S/c1-5-4-17-9(12-5)18-7-6(14(15)16)3-11-8(10-2)13-7/h3-4H,1-2H3,(H,10,11,13). The molecule has 0 amide bonds. The van der Waals surface area contributed by atoms with E-state index >= 15 is 0 Å². The molecule has 0 aliphatic carbocycles. The minimum Gasteiger partial charge on any atom is -0.439 e. The second-order valence-corrected chi connectivity index (χ2v) is 4.19. The van der Waals surface area contributed by atoms with Crippen molar-refractivity contribution in [3.63, 3.8) is 0 Å². The lowest BCUT2D eigenvalue weighted by Crippen LogP contribution is -2.00. The zero-order chi connectivity index (χ0) is 13.1. The topological polar surface area (TPSA) is 107 Å². The Kier molecular flexibility index (Phi) is 3.42. The molecule has 2 aromatic heterocycles. The van der Waals surface area contributed by atoms with Crippen LogP contribution >= 0.6 is 11.8 Å². The predicted octanol–water partition coefficient (Wildman–Crippen LogP) is 1.87. The molecule has 2 rings (SSSR count). The van der Waals surface area contributed by atoms with Gasteiger partial charge in [-0.25, -0.2) is 9.97 Å². The van der Waals surface area contributed by atoms with Crippen molar-refractivity contribution in [3.05, 3.63) is 28.3 Å². The third-order valence-electron chi connectivity index (χ3n) is 1.94. The van der Waals surface area contributed by atoms with Crippen molar-refractivity contribution in [2.45, 2.75) is 17.2 Å². The fraction of sp³-hybridized carbons (Fsp3) is 0.222. The van der Waals surface area contributed by atoms with Gasteiger partial charge in [-0.2, -0.15) is 4.98 Å². The molecule has 0 aliphatic heterocycles. The van der Waals surface area contributed by atoms with E-state index in [1.807, 2.05) is 0 Å². The SMILES string of the molecule is CNc1ncc([N+](=O)[O-])c(Sc2nc(C)co2)n1. The first-order valence-corrected chi connectivity index (χ1v) is 5.71. The summed E-state index contributed by atoms with van der Waals surface area (Å²) in [6.45, 7) is 1.76. The van der Waals surface area contributed by atoms with Gasteiger partial charge in [0, 0.05) is 7.05 Å². The highest BCUT2D eigenvalue weighted by atomic mass is 32.2. The first-order chi connectivity index (χ1) is 8.60. The molecule has 94 valence electrons. The van der Waals surface area contributed by atoms with Crippen molar-refractivity contribution >= 4 is 23.4 Å². The highest BCUT2D eigenvalue weighted by molar-refractivity contribution is 7.99. The summed E-state index contributed by atoms with van der Waals surface area (Å²) in [7, 11) is 1.63. The van der Waals surface area contributed by atoms with E-state index in [9.17, 15) is 10.1 Å². The molecule has 8 nitrogen and oxygen atoms in total. The van der Waals surface area contributed by atoms with Gasteiger partial charge in [0.05, 0.1) is 10.6 Å². The summed E-state index contributed by atoms with van der Waals surface area (Å²) in [6.07, 6.45) is 2.62. The van der Waals surface area contributed by atoms with Crippen LogP contribution in [-0.4, -0.2) is 26.9 Å². The maximum absolute atomic E-state index is 10.9. The van der Waals surface area contributed by atoms with Crippen LogP contribution in [0.25, 0.3) is 0 Å². The summed E-state index contributed by atoms with van der Waals surface area (Å²) in [5, 5.41) is 14.1. The maximum Gasteiger partial charge on any atom is 0.320 e. The summed E-state index contributed by atoms with van der Waals surface area (Å²) >= 11 is 0.982. The van der Waals surface area contributed by atoms with Crippen molar-refractivity contribution < 1.29 is 9.34 Å². The Bertz CT molecular complexity index is 585. The second kappa shape index (κ2) is 5.00. The van der Waals surface area contributed by atoms with Crippen LogP contribution in [0.15, 0.2) is 27.1 Å². The van der Waals surface area contributed by atoms with E-state index in [4.69, 9.17) is 4.42 Å². The Balaban J connectivity index is 2.37. The first kappa shape index (κ1) is 12.3. The Morgan fingerprint density at radius 1 is 1.50 bits per heavy atom. The lowest BCUT2D eigenvalue weighted by Gasteiger charge is -2.01. The number of oxazole rings is 1. The van der Waals surface area contributed by atoms with Crippen LogP contribution < -0.4 is 5.32 Å². The number of hydrogen-bond acceptors (Lipinski definition) is 8. The summed E-state index contributed by atoms with van der Waals surface area (Å²) in [5.74, 6) is 0.298. The minimum absolute atomic E-state index is 0.182. The lowest BCUT2D eigenvalue weighted by molar-refractivity contribution is -0.388. The zero-order valence-electron chi connectivity index (χ0n) is 9.58. The van der Waals surface area contributed by atoms with E-state index in [-0.39, 0.29) is 10.7 Å². The molecular formula is C9H9N5O3S. The van der Waals surface area contributed by atoms with E-state index in [0.717, 1.165) is 18.0 Å². The van der Waals surface area contributed by atoms with E-state index in [1.165, 1.54) is 6.26 Å². The van der Waals surface area contributed by atoms with Gasteiger partial charge in [0.1, 0.15) is 12.5 Å². The molecule has 0 radical (unpaired) electrons. The summed E-state index contributed by atoms with van der Waals surface area (Å²) in [5.41, 5.74) is 0.512. The number of rotatable bonds is 4. The van der Waals surface area contributed by atoms with Gasteiger partial charge in [0.15, 0.2) is 5.03 Å². The van der Waals surface area contributed by atoms with Gasteiger partial charge in [-0.05, 0) is 18.7 Å². The number of aromatic nitrogens is 3. The molecule has 0 aliphatic rings. The average molecular weight is 267 g/mol. The van der Waals surface area contributed by atoms with Crippen LogP contribution in [0, 0.1) is 17.0 Å². The van der Waals surface area contributed by atoms with E-state index in [1.54, 1.807) is 14.0 Å². The number of nitro groups is 1. The molecule has 0 saturated heterocycles. The smallest absolute Gasteiger partial charge is 0.320 e. The third kappa shape index (κ3) is 2.56. The summed E-state index contributed by atoms with van der Waals surface area (Å²) in [4.78, 5) is 22.2. The Labute approximate surface area is 106 Å². The molecule has 0 spiro atoms. The Morgan fingerprint density at radius 3 is 2.83 bits per heavy atom. The van der Waals surface area contributed by atoms with Crippen molar-refractivity contribution in [1.29, 1.82) is 0 Å². The van der Waals surface area contributed by atoms with Crippen LogP contribution in [0.4, 0.5) is 11.6 Å². The molecule has 2 aromatic rings. The van der Waals surface area contributed by atoms with Crippen LogP contribution in [0.2, 0.25) is 0 Å². The molecule has 0 bridgehead atoms. The highest BCUT2D eigenvalue weighted by Gasteiger charge is 2.20. The predicted molar refractivity (Wildman–Crippen MR) is 63.6 cm³/mol. The number of anilines is 1. The van der Waals surface area contributed by atoms with Gasteiger partial charge < -0.3 is 9.73 Å². The number of nitrogens with one attached hydrogen (secondary N) is 1. The number of aryl methyl sites for hydroxylation is 1. The lowest BCUT2D eigenvalue weighted by atomic mass is 10.5. The fourth-order valence-electron chi connectivity index (χ4n) is 1.14. The molecule has 2 heterocycles. The molecule has 0 aromatic carbocycles. The van der Waals surface area contributed by atoms with Gasteiger partial charge in [-0.1, -0.05) is 0 Å². The van der Waals surface area contributed by atoms with Gasteiger partial charge in [0.25, 0.3) is 5.22 Å². The normalized spacial score (nSPS) is 10.3. The Hall–Kier alpha value is -2.16. The summed E-state index contributed by atoms with van der Waals surface area (Å²) < 4.78 is 5.12. The van der Waals surface area contributed by atoms with Crippen LogP contribution in [0.5, 0.6) is 0 Å². The molecule has 0 unspecified atom stereocenters. The molecule has 0 saturated carbocycles. The number of nitrogens with zero attached hydrogens (tertiary/aromatic N) is 4. The maximum atomic E-state index is 10.9. The van der Waals surface area contributed by atoms with E-state index in [0.29, 0.717) is 16.9 Å². The molecule has 1 N–H and O–H groups in total. The van der Waals surface area contributed by atoms with Gasteiger partial charge in [0.2, 0.25) is 5.95 Å². The van der Waals surface area contributed by atoms with Crippen molar-refractivity contribution in [2.24, 2.45) is 0 Å². The van der Waals surface area contributed by atoms with Crippen LogP contribution in [0.3, 0.4) is 0 Å². The van der Waals surface area contributed by atoms with Gasteiger partial charge in [-0.15, -0.1) is 0 Å². The molecule has 9 heteroatoms. The molecule has 0 atom stereocenters. The van der Waals surface area contributed by atoms with E-state index < -0.39 is 4.92 Å². The third-order valence-corrected chi connectivity index (χ3v) is 2.79. The number of hydrogen-bond donors (Lipinski definition) is 1. The average Bonchev–Trinajstić information content (AvgIpc) is 2.74. The quantitative estimate of drug-likeness (QED) is 0.508. The zero-order valence-corrected chi connectivity index (χ0v) is 10.4. The van der Waals surface area contributed by atoms with Gasteiger partial charge >= 0.3 is 5.69 Å². The van der Waals surface area contributed by atoms with Gasteiger partial charge in [-0.3, -0.25) is 10.1 Å². The van der Waals surface area contributed by atoms with Crippen molar-refractivity contribution in [1.82, 2.24) is 15.0 Å². The Morgan fingerprint density at radius 2 is 2.28 bits per heavy atom. The first-order valence-electron chi connectivity index (χ1n) is 4.89. The van der Waals surface area contributed by atoms with Crippen LogP contribution in [0.1, 0.15) is 5.69 Å². The highest BCUT2D eigenvalue weighted by Crippen LogP contribution is 2.32. The van der Waals surface area contributed by atoms with E-state index in [2.05, 4.69) is 20.3 Å². The largest absolute Gasteiger partial charge is 0.439 e. The van der Waals surface area contributed by atoms with Crippen molar-refractivity contribution in [3.8, 4) is 0 Å². The summed E-state index contributed by atoms with van der Waals surface area (Å²) in [6, 6.07) is 0. The van der Waals surface area contributed by atoms with Crippen molar-refractivity contribution in [2.75, 3.05) is 12.4 Å². The minimum atomic E-state index is -0.544. The fourth-order valence-corrected chi connectivity index (χ4v) is 1.96. The molecule has 0 fully saturated rings. The van der Waals surface area contributed by atoms with Crippen LogP contribution in [-0.2, 0) is 0 Å².